The molecule has 1 unspecified atom stereocenters. The second kappa shape index (κ2) is 17.0. The third-order valence-corrected chi connectivity index (χ3v) is 9.35. The molecule has 8 nitrogen and oxygen atoms in total. The summed E-state index contributed by atoms with van der Waals surface area (Å²) in [5.74, 6) is -1.88. The van der Waals surface area contributed by atoms with Gasteiger partial charge in [-0.25, -0.2) is 4.39 Å². The van der Waals surface area contributed by atoms with Gasteiger partial charge in [-0.05, 0) is 92.0 Å². The Labute approximate surface area is 297 Å². The summed E-state index contributed by atoms with van der Waals surface area (Å²) < 4.78 is 70.0. The largest absolute Gasteiger partial charge is 0.466 e. The van der Waals surface area contributed by atoms with Gasteiger partial charge in [-0.2, -0.15) is 13.2 Å². The number of esters is 1. The number of carbonyl (C=O) groups excluding carboxylic acids is 2. The smallest absolute Gasteiger partial charge is 0.416 e. The van der Waals surface area contributed by atoms with Gasteiger partial charge in [-0.1, -0.05) is 32.0 Å². The lowest BCUT2D eigenvalue weighted by Crippen LogP contribution is -2.49. The van der Waals surface area contributed by atoms with E-state index in [1.165, 1.54) is 0 Å². The number of likely N-dealkylation sites (tertiary alicyclic amines) is 1. The van der Waals surface area contributed by atoms with E-state index >= 15 is 4.39 Å². The molecule has 0 saturated carbocycles. The van der Waals surface area contributed by atoms with Crippen LogP contribution in [0.3, 0.4) is 0 Å². The summed E-state index contributed by atoms with van der Waals surface area (Å²) in [6.45, 7) is 13.1. The van der Waals surface area contributed by atoms with Gasteiger partial charge >= 0.3 is 12.1 Å². The van der Waals surface area contributed by atoms with Gasteiger partial charge in [0, 0.05) is 50.5 Å². The number of ether oxygens (including phenoxy) is 2. The lowest BCUT2D eigenvalue weighted by molar-refractivity contribution is -0.144. The fourth-order valence-corrected chi connectivity index (χ4v) is 6.93. The lowest BCUT2D eigenvalue weighted by atomic mass is 9.90. The first kappa shape index (κ1) is 39.8. The zero-order valence-electron chi connectivity index (χ0n) is 30.5. The number of nitrogens with zero attached hydrogens (tertiary/aromatic N) is 2. The molecule has 1 N–H and O–H groups in total. The number of hydrogen-bond donors (Lipinski definition) is 1. The van der Waals surface area contributed by atoms with Crippen molar-refractivity contribution in [1.29, 1.82) is 0 Å². The highest BCUT2D eigenvalue weighted by Gasteiger charge is 2.37. The van der Waals surface area contributed by atoms with Crippen molar-refractivity contribution in [2.45, 2.75) is 79.1 Å². The molecule has 1 aromatic heterocycles. The Morgan fingerprint density at radius 1 is 1.04 bits per heavy atom. The van der Waals surface area contributed by atoms with E-state index in [0.29, 0.717) is 49.4 Å². The van der Waals surface area contributed by atoms with Crippen molar-refractivity contribution in [3.8, 4) is 11.1 Å². The molecule has 51 heavy (non-hydrogen) atoms. The molecule has 3 aromatic rings. The van der Waals surface area contributed by atoms with E-state index < -0.39 is 53.5 Å². The van der Waals surface area contributed by atoms with E-state index in [-0.39, 0.29) is 36.5 Å². The molecule has 1 amide bonds. The average Bonchev–Trinajstić information content (AvgIpc) is 3.02. The average molecular weight is 716 g/mol. The quantitative estimate of drug-likeness (QED) is 0.133. The molecule has 1 aliphatic heterocycles. The fourth-order valence-electron chi connectivity index (χ4n) is 6.93. The minimum absolute atomic E-state index is 0.00588. The molecule has 0 radical (unpaired) electrons. The monoisotopic (exact) mass is 715 g/mol. The van der Waals surface area contributed by atoms with Gasteiger partial charge in [0.05, 0.1) is 31.2 Å². The number of benzene rings is 2. The summed E-state index contributed by atoms with van der Waals surface area (Å²) in [5.41, 5.74) is 1.71. The van der Waals surface area contributed by atoms with E-state index in [1.54, 1.807) is 33.1 Å². The van der Waals surface area contributed by atoms with Crippen LogP contribution in [0, 0.1) is 38.4 Å². The van der Waals surface area contributed by atoms with Crippen molar-refractivity contribution >= 4 is 11.9 Å². The summed E-state index contributed by atoms with van der Waals surface area (Å²) in [5, 5.41) is 2.80. The van der Waals surface area contributed by atoms with Gasteiger partial charge in [0.1, 0.15) is 11.9 Å². The third-order valence-electron chi connectivity index (χ3n) is 9.35. The number of aryl methyl sites for hydroxylation is 3. The highest BCUT2D eigenvalue weighted by molar-refractivity contribution is 5.82. The van der Waals surface area contributed by atoms with Crippen molar-refractivity contribution in [2.24, 2.45) is 11.8 Å². The molecule has 1 fully saturated rings. The van der Waals surface area contributed by atoms with Gasteiger partial charge in [-0.3, -0.25) is 14.4 Å². The summed E-state index contributed by atoms with van der Waals surface area (Å²) in [6, 6.07) is 7.21. The van der Waals surface area contributed by atoms with Gasteiger partial charge in [0.2, 0.25) is 5.91 Å². The molecular weight excluding hydrogens is 666 g/mol. The van der Waals surface area contributed by atoms with Crippen LogP contribution in [-0.4, -0.2) is 61.3 Å². The van der Waals surface area contributed by atoms with E-state index in [4.69, 9.17) is 9.47 Å². The van der Waals surface area contributed by atoms with Crippen molar-refractivity contribution < 1.29 is 36.6 Å². The van der Waals surface area contributed by atoms with Crippen LogP contribution in [0.25, 0.3) is 11.1 Å². The number of aromatic nitrogens is 1. The van der Waals surface area contributed by atoms with Crippen LogP contribution in [0.5, 0.6) is 0 Å². The number of hydrogen-bond acceptors (Lipinski definition) is 6. The minimum Gasteiger partial charge on any atom is -0.466 e. The summed E-state index contributed by atoms with van der Waals surface area (Å²) in [7, 11) is 1.60. The Kier molecular flexibility index (Phi) is 13.2. The van der Waals surface area contributed by atoms with Crippen molar-refractivity contribution in [2.75, 3.05) is 40.0 Å². The van der Waals surface area contributed by atoms with E-state index in [0.717, 1.165) is 27.5 Å². The maximum absolute atomic E-state index is 16.0. The van der Waals surface area contributed by atoms with Crippen molar-refractivity contribution in [3.05, 3.63) is 92.1 Å². The number of amides is 1. The fraction of sp³-hybridized carbons (Fsp3) is 0.513. The first-order valence-electron chi connectivity index (χ1n) is 17.4. The normalized spacial score (nSPS) is 15.1. The second-order valence-corrected chi connectivity index (χ2v) is 14.0. The summed E-state index contributed by atoms with van der Waals surface area (Å²) in [6.07, 6.45) is -3.95. The zero-order chi connectivity index (χ0) is 37.6. The Bertz CT molecular complexity index is 1740. The van der Waals surface area contributed by atoms with Crippen molar-refractivity contribution in [3.63, 3.8) is 0 Å². The number of rotatable bonds is 15. The maximum atomic E-state index is 16.0. The van der Waals surface area contributed by atoms with Crippen LogP contribution in [0.15, 0.2) is 47.4 Å². The Hall–Kier alpha value is -4.03. The predicted octanol–water partition coefficient (Wildman–Crippen LogP) is 7.12. The maximum Gasteiger partial charge on any atom is 0.416 e. The number of methoxy groups -OCH3 is 1. The van der Waals surface area contributed by atoms with E-state index in [2.05, 4.69) is 5.32 Å². The van der Waals surface area contributed by atoms with Gasteiger partial charge < -0.3 is 24.3 Å². The Morgan fingerprint density at radius 2 is 1.71 bits per heavy atom. The van der Waals surface area contributed by atoms with Gasteiger partial charge in [-0.15, -0.1) is 0 Å². The molecule has 2 aromatic carbocycles. The van der Waals surface area contributed by atoms with Crippen molar-refractivity contribution in [1.82, 2.24) is 14.8 Å². The number of pyridine rings is 1. The van der Waals surface area contributed by atoms with Crippen LogP contribution in [-0.2, 0) is 31.7 Å². The second-order valence-electron chi connectivity index (χ2n) is 14.0. The minimum atomic E-state index is -4.78. The first-order valence-corrected chi connectivity index (χ1v) is 17.4. The van der Waals surface area contributed by atoms with E-state index in [1.807, 2.05) is 50.8 Å². The number of alkyl halides is 3. The summed E-state index contributed by atoms with van der Waals surface area (Å²) >= 11 is 0. The zero-order valence-corrected chi connectivity index (χ0v) is 30.5. The molecule has 4 rings (SSSR count). The molecule has 1 saturated heterocycles. The van der Waals surface area contributed by atoms with Crippen LogP contribution < -0.4 is 10.9 Å². The van der Waals surface area contributed by atoms with Crippen LogP contribution >= 0.6 is 0 Å². The molecule has 0 spiro atoms. The number of carbonyl (C=O) groups is 2. The number of halogens is 4. The van der Waals surface area contributed by atoms with Crippen LogP contribution in [0.4, 0.5) is 17.6 Å². The highest BCUT2D eigenvalue weighted by atomic mass is 19.4. The number of nitrogens with one attached hydrogen (secondary N) is 1. The third kappa shape index (κ3) is 9.85. The molecule has 278 valence electrons. The molecular formula is C39H49F4N3O5. The molecule has 0 aliphatic carbocycles. The standard InChI is InChI=1S/C39H49F4N3O5/c1-8-51-35(48)18-32(30-16-29(15-26(6)37(30)40)36-24(4)10-9-11-25(36)5)44-38(49)33(14-23(2)3)46-21-28(31(17-34(46)47)39(41,42)43)12-13-45-19-27(20-45)22-50-7/h9-11,15-17,21,23,27,32-33H,8,12-14,18-20,22H2,1-7H3,(H,44,49)/t32-,33?/m0/s1. The van der Waals surface area contributed by atoms with E-state index in [9.17, 15) is 27.6 Å². The highest BCUT2D eigenvalue weighted by Crippen LogP contribution is 2.35. The topological polar surface area (TPSA) is 89.9 Å². The lowest BCUT2D eigenvalue weighted by Gasteiger charge is -2.39. The summed E-state index contributed by atoms with van der Waals surface area (Å²) in [4.78, 5) is 42.5. The molecule has 1 aliphatic rings. The van der Waals surface area contributed by atoms with Gasteiger partial charge in [0.15, 0.2) is 0 Å². The molecule has 2 heterocycles. The SMILES string of the molecule is CCOC(=O)C[C@H](NC(=O)C(CC(C)C)n1cc(CCN2CC(COC)C2)c(C(F)(F)F)cc1=O)c1cc(-c2c(C)cccc2C)cc(C)c1F. The Morgan fingerprint density at radius 3 is 2.29 bits per heavy atom. The van der Waals surface area contributed by atoms with Crippen LogP contribution in [0.2, 0.25) is 0 Å². The van der Waals surface area contributed by atoms with Gasteiger partial charge in [0.25, 0.3) is 5.56 Å². The predicted molar refractivity (Wildman–Crippen MR) is 188 cm³/mol. The van der Waals surface area contributed by atoms with Crippen LogP contribution in [0.1, 0.15) is 79.1 Å². The first-order chi connectivity index (χ1) is 24.0. The molecule has 12 heteroatoms. The molecule has 0 bridgehead atoms. The molecule has 2 atom stereocenters. The Balaban J connectivity index is 1.75.